The highest BCUT2D eigenvalue weighted by Gasteiger charge is 2.17. The minimum absolute atomic E-state index is 0.0213. The smallest absolute Gasteiger partial charge is 0.180 e. The molecule has 2 N–H and O–H groups in total. The van der Waals surface area contributed by atoms with Crippen molar-refractivity contribution in [3.63, 3.8) is 0 Å². The Kier molecular flexibility index (Phi) is 9.34. The molecule has 0 radical (unpaired) electrons. The van der Waals surface area contributed by atoms with E-state index in [0.29, 0.717) is 23.3 Å². The van der Waals surface area contributed by atoms with Gasteiger partial charge in [0, 0.05) is 15.8 Å². The third-order valence-corrected chi connectivity index (χ3v) is 6.39. The van der Waals surface area contributed by atoms with Crippen molar-refractivity contribution in [1.29, 1.82) is 0 Å². The summed E-state index contributed by atoms with van der Waals surface area (Å²) >= 11 is 8.59. The van der Waals surface area contributed by atoms with Crippen molar-refractivity contribution in [3.8, 4) is 11.5 Å². The van der Waals surface area contributed by atoms with Crippen molar-refractivity contribution in [2.24, 2.45) is 15.9 Å². The van der Waals surface area contributed by atoms with Crippen molar-refractivity contribution < 1.29 is 9.47 Å². The van der Waals surface area contributed by atoms with Crippen LogP contribution in [0.25, 0.3) is 0 Å². The van der Waals surface area contributed by atoms with Gasteiger partial charge in [-0.1, -0.05) is 42.1 Å². The number of benzene rings is 2. The number of hydrogen-bond acceptors (Lipinski definition) is 5. The van der Waals surface area contributed by atoms with Gasteiger partial charge in [-0.3, -0.25) is 0 Å². The standard InChI is InChI=1S/C20H23Br2N3O2S/c1-4-26-16-10-15(17(21)18(22)19(16)27-13(2)3)11-24-25-20(23)28-12-14-8-6-5-7-9-14/h5-11,13H,4,12H2,1-3H3,(H2,23,25). The number of hydrogen-bond donors (Lipinski definition) is 1. The lowest BCUT2D eigenvalue weighted by atomic mass is 10.2. The lowest BCUT2D eigenvalue weighted by Gasteiger charge is -2.18. The number of halogens is 2. The average Bonchev–Trinajstić information content (AvgIpc) is 2.68. The summed E-state index contributed by atoms with van der Waals surface area (Å²) in [5.41, 5.74) is 7.93. The fourth-order valence-corrected chi connectivity index (χ4v) is 3.74. The van der Waals surface area contributed by atoms with Crippen molar-refractivity contribution in [3.05, 3.63) is 56.5 Å². The van der Waals surface area contributed by atoms with Crippen LogP contribution in [0.15, 0.2) is 55.5 Å². The zero-order valence-electron chi connectivity index (χ0n) is 16.0. The molecule has 2 rings (SSSR count). The molecule has 0 aliphatic heterocycles. The Balaban J connectivity index is 2.15. The number of nitrogens with two attached hydrogens (primary N) is 1. The maximum absolute atomic E-state index is 5.94. The Hall–Kier alpha value is -1.51. The summed E-state index contributed by atoms with van der Waals surface area (Å²) in [6.07, 6.45) is 1.65. The Morgan fingerprint density at radius 2 is 1.93 bits per heavy atom. The monoisotopic (exact) mass is 527 g/mol. The highest BCUT2D eigenvalue weighted by atomic mass is 79.9. The summed E-state index contributed by atoms with van der Waals surface area (Å²) in [5, 5.41) is 8.59. The van der Waals surface area contributed by atoms with E-state index in [9.17, 15) is 0 Å². The van der Waals surface area contributed by atoms with Gasteiger partial charge in [0.15, 0.2) is 16.7 Å². The topological polar surface area (TPSA) is 69.2 Å². The van der Waals surface area contributed by atoms with Crippen LogP contribution in [-0.4, -0.2) is 24.1 Å². The van der Waals surface area contributed by atoms with Gasteiger partial charge in [-0.2, -0.15) is 5.10 Å². The Morgan fingerprint density at radius 1 is 1.21 bits per heavy atom. The predicted molar refractivity (Wildman–Crippen MR) is 126 cm³/mol. The maximum atomic E-state index is 5.94. The molecule has 0 saturated carbocycles. The van der Waals surface area contributed by atoms with Crippen LogP contribution in [-0.2, 0) is 5.75 Å². The minimum atomic E-state index is 0.0213. The summed E-state index contributed by atoms with van der Waals surface area (Å²) in [7, 11) is 0. The van der Waals surface area contributed by atoms with Crippen molar-refractivity contribution in [1.82, 2.24) is 0 Å². The summed E-state index contributed by atoms with van der Waals surface area (Å²) in [6, 6.07) is 11.9. The first-order valence-electron chi connectivity index (χ1n) is 8.77. The molecule has 28 heavy (non-hydrogen) atoms. The van der Waals surface area contributed by atoms with Crippen LogP contribution in [0.4, 0.5) is 0 Å². The molecule has 0 atom stereocenters. The van der Waals surface area contributed by atoms with Crippen LogP contribution >= 0.6 is 43.6 Å². The first-order valence-corrected chi connectivity index (χ1v) is 11.3. The van der Waals surface area contributed by atoms with Gasteiger partial charge < -0.3 is 15.2 Å². The second kappa shape index (κ2) is 11.5. The molecule has 5 nitrogen and oxygen atoms in total. The number of thioether (sulfide) groups is 1. The molecule has 0 aliphatic carbocycles. The van der Waals surface area contributed by atoms with Gasteiger partial charge in [0.05, 0.1) is 23.4 Å². The van der Waals surface area contributed by atoms with Crippen molar-refractivity contribution in [2.45, 2.75) is 32.6 Å². The molecule has 0 spiro atoms. The number of nitrogens with zero attached hydrogens (tertiary/aromatic N) is 2. The van der Waals surface area contributed by atoms with Crippen LogP contribution in [0, 0.1) is 0 Å². The number of rotatable bonds is 8. The van der Waals surface area contributed by atoms with Gasteiger partial charge in [-0.15, -0.1) is 5.10 Å². The molecule has 0 amide bonds. The van der Waals surface area contributed by atoms with E-state index in [1.54, 1.807) is 6.21 Å². The van der Waals surface area contributed by atoms with Gasteiger partial charge in [-0.05, 0) is 64.3 Å². The Bertz CT molecular complexity index is 843. The second-order valence-electron chi connectivity index (χ2n) is 5.98. The highest BCUT2D eigenvalue weighted by molar-refractivity contribution is 9.13. The van der Waals surface area contributed by atoms with E-state index in [0.717, 1.165) is 20.3 Å². The van der Waals surface area contributed by atoms with Crippen LogP contribution in [0.3, 0.4) is 0 Å². The van der Waals surface area contributed by atoms with E-state index in [-0.39, 0.29) is 6.10 Å². The minimum Gasteiger partial charge on any atom is -0.490 e. The molecule has 0 unspecified atom stereocenters. The molecule has 8 heteroatoms. The van der Waals surface area contributed by atoms with Gasteiger partial charge in [0.25, 0.3) is 0 Å². The van der Waals surface area contributed by atoms with Crippen LogP contribution < -0.4 is 15.2 Å². The number of amidine groups is 1. The molecule has 2 aromatic rings. The molecule has 150 valence electrons. The molecule has 0 aromatic heterocycles. The Labute approximate surface area is 187 Å². The molecule has 0 bridgehead atoms. The van der Waals surface area contributed by atoms with Crippen LogP contribution in [0.1, 0.15) is 31.9 Å². The predicted octanol–water partition coefficient (Wildman–Crippen LogP) is 5.98. The molecule has 0 saturated heterocycles. The molecule has 0 aliphatic rings. The largest absolute Gasteiger partial charge is 0.490 e. The van der Waals surface area contributed by atoms with Crippen LogP contribution in [0.2, 0.25) is 0 Å². The lowest BCUT2D eigenvalue weighted by molar-refractivity contribution is 0.222. The Morgan fingerprint density at radius 3 is 2.57 bits per heavy atom. The van der Waals surface area contributed by atoms with E-state index < -0.39 is 0 Å². The molecule has 2 aromatic carbocycles. The average molecular weight is 529 g/mol. The van der Waals surface area contributed by atoms with E-state index in [2.05, 4.69) is 42.1 Å². The van der Waals surface area contributed by atoms with Gasteiger partial charge in [-0.25, -0.2) is 0 Å². The van der Waals surface area contributed by atoms with Gasteiger partial charge in [0.2, 0.25) is 0 Å². The SMILES string of the molecule is CCOc1cc(C=NN=C(N)SCc2ccccc2)c(Br)c(Br)c1OC(C)C. The fraction of sp³-hybridized carbons (Fsp3) is 0.300. The van der Waals surface area contributed by atoms with E-state index in [4.69, 9.17) is 15.2 Å². The second-order valence-corrected chi connectivity index (χ2v) is 8.56. The third kappa shape index (κ3) is 6.83. The van der Waals surface area contributed by atoms with E-state index in [1.165, 1.54) is 17.3 Å². The first-order chi connectivity index (χ1) is 13.4. The zero-order valence-corrected chi connectivity index (χ0v) is 20.0. The normalized spacial score (nSPS) is 12.0. The lowest BCUT2D eigenvalue weighted by Crippen LogP contribution is -2.09. The molecular formula is C20H23Br2N3O2S. The van der Waals surface area contributed by atoms with Crippen LogP contribution in [0.5, 0.6) is 11.5 Å². The highest BCUT2D eigenvalue weighted by Crippen LogP contribution is 2.43. The number of ether oxygens (including phenoxy) is 2. The summed E-state index contributed by atoms with van der Waals surface area (Å²) < 4.78 is 13.2. The summed E-state index contributed by atoms with van der Waals surface area (Å²) in [6.45, 7) is 6.39. The van der Waals surface area contributed by atoms with Gasteiger partial charge in [0.1, 0.15) is 0 Å². The maximum Gasteiger partial charge on any atom is 0.180 e. The summed E-state index contributed by atoms with van der Waals surface area (Å²) in [5.74, 6) is 2.04. The van der Waals surface area contributed by atoms with Crippen molar-refractivity contribution in [2.75, 3.05) is 6.61 Å². The van der Waals surface area contributed by atoms with Crippen molar-refractivity contribution >= 4 is 55.0 Å². The van der Waals surface area contributed by atoms with E-state index in [1.807, 2.05) is 57.2 Å². The molecular weight excluding hydrogens is 506 g/mol. The summed E-state index contributed by atoms with van der Waals surface area (Å²) in [4.78, 5) is 0. The first kappa shape index (κ1) is 22.8. The van der Waals surface area contributed by atoms with Gasteiger partial charge >= 0.3 is 0 Å². The zero-order chi connectivity index (χ0) is 20.5. The third-order valence-electron chi connectivity index (χ3n) is 3.39. The van der Waals surface area contributed by atoms with E-state index >= 15 is 0 Å². The molecule has 0 heterocycles. The quantitative estimate of drug-likeness (QED) is 0.260. The fourth-order valence-electron chi connectivity index (χ4n) is 2.22. The molecule has 0 fully saturated rings.